The molecule has 0 radical (unpaired) electrons. The largest absolute Gasteiger partial charge is 0.381 e. The summed E-state index contributed by atoms with van der Waals surface area (Å²) in [6.07, 6.45) is 1.89. The van der Waals surface area contributed by atoms with Gasteiger partial charge in [0.25, 0.3) is 0 Å². The fourth-order valence-electron chi connectivity index (χ4n) is 3.15. The topological polar surface area (TPSA) is 61.9 Å². The molecular formula is C15H15ClN4O2. The van der Waals surface area contributed by atoms with Crippen LogP contribution in [-0.2, 0) is 11.8 Å². The lowest BCUT2D eigenvalue weighted by Crippen LogP contribution is -2.37. The maximum absolute atomic E-state index is 12.6. The molecule has 0 unspecified atom stereocenters. The van der Waals surface area contributed by atoms with Gasteiger partial charge in [-0.3, -0.25) is 9.13 Å². The second-order valence-corrected chi connectivity index (χ2v) is 6.16. The summed E-state index contributed by atoms with van der Waals surface area (Å²) >= 11 is 6.13. The number of hydrogen-bond donors (Lipinski definition) is 0. The predicted octanol–water partition coefficient (Wildman–Crippen LogP) is 2.29. The lowest BCUT2D eigenvalue weighted by molar-refractivity contribution is 0.00635. The first-order valence-electron chi connectivity index (χ1n) is 7.16. The fraction of sp³-hybridized carbons (Fsp3) is 0.400. The van der Waals surface area contributed by atoms with Gasteiger partial charge in [-0.2, -0.15) is 0 Å². The molecule has 1 aromatic carbocycles. The van der Waals surface area contributed by atoms with E-state index in [1.807, 2.05) is 16.7 Å². The van der Waals surface area contributed by atoms with E-state index >= 15 is 0 Å². The van der Waals surface area contributed by atoms with Gasteiger partial charge >= 0.3 is 5.69 Å². The minimum Gasteiger partial charge on any atom is -0.381 e. The van der Waals surface area contributed by atoms with Gasteiger partial charge < -0.3 is 4.74 Å². The Bertz CT molecular complexity index is 940. The quantitative estimate of drug-likeness (QED) is 0.727. The molecule has 2 heterocycles. The molecular weight excluding hydrogens is 304 g/mol. The Morgan fingerprint density at radius 2 is 2.09 bits per heavy atom. The molecule has 1 saturated carbocycles. The molecule has 7 heteroatoms. The second-order valence-electron chi connectivity index (χ2n) is 5.73. The minimum atomic E-state index is -0.0728. The van der Waals surface area contributed by atoms with Crippen LogP contribution in [0.3, 0.4) is 0 Å². The van der Waals surface area contributed by atoms with Crippen molar-refractivity contribution in [2.45, 2.75) is 25.0 Å². The molecule has 4 rings (SSSR count). The van der Waals surface area contributed by atoms with Crippen LogP contribution in [0.15, 0.2) is 23.0 Å². The number of hydrogen-bond acceptors (Lipinski definition) is 4. The summed E-state index contributed by atoms with van der Waals surface area (Å²) in [7, 11) is 3.42. The average molecular weight is 319 g/mol. The number of aryl methyl sites for hydroxylation is 1. The van der Waals surface area contributed by atoms with Crippen LogP contribution in [0.1, 0.15) is 18.9 Å². The molecule has 3 aromatic rings. The summed E-state index contributed by atoms with van der Waals surface area (Å²) in [5.74, 6) is 0. The molecule has 0 spiro atoms. The van der Waals surface area contributed by atoms with Crippen LogP contribution in [0.4, 0.5) is 0 Å². The van der Waals surface area contributed by atoms with Crippen LogP contribution < -0.4 is 5.69 Å². The molecule has 2 aromatic heterocycles. The molecule has 6 nitrogen and oxygen atoms in total. The van der Waals surface area contributed by atoms with Crippen LogP contribution in [0.2, 0.25) is 5.02 Å². The Labute approximate surface area is 131 Å². The first-order chi connectivity index (χ1) is 10.6. The van der Waals surface area contributed by atoms with Gasteiger partial charge in [-0.1, -0.05) is 11.6 Å². The van der Waals surface area contributed by atoms with Crippen LogP contribution in [-0.4, -0.2) is 32.5 Å². The minimum absolute atomic E-state index is 0.0728. The van der Waals surface area contributed by atoms with Crippen molar-refractivity contribution in [1.29, 1.82) is 0 Å². The van der Waals surface area contributed by atoms with Crippen molar-refractivity contribution in [3.8, 4) is 0 Å². The van der Waals surface area contributed by atoms with Gasteiger partial charge in [-0.25, -0.2) is 4.79 Å². The van der Waals surface area contributed by atoms with E-state index in [1.54, 1.807) is 24.8 Å². The summed E-state index contributed by atoms with van der Waals surface area (Å²) in [5.41, 5.74) is 2.05. The van der Waals surface area contributed by atoms with Crippen molar-refractivity contribution >= 4 is 33.7 Å². The number of halogens is 1. The van der Waals surface area contributed by atoms with Gasteiger partial charge in [0.2, 0.25) is 0 Å². The van der Waals surface area contributed by atoms with Crippen LogP contribution in [0, 0.1) is 0 Å². The van der Waals surface area contributed by atoms with E-state index in [4.69, 9.17) is 16.3 Å². The third-order valence-electron chi connectivity index (χ3n) is 4.50. The van der Waals surface area contributed by atoms with Crippen molar-refractivity contribution in [3.05, 3.63) is 33.7 Å². The van der Waals surface area contributed by atoms with E-state index in [9.17, 15) is 4.79 Å². The van der Waals surface area contributed by atoms with Gasteiger partial charge in [-0.05, 0) is 31.0 Å². The molecule has 0 bridgehead atoms. The van der Waals surface area contributed by atoms with Crippen molar-refractivity contribution < 1.29 is 4.74 Å². The van der Waals surface area contributed by atoms with Gasteiger partial charge in [0.15, 0.2) is 5.65 Å². The summed E-state index contributed by atoms with van der Waals surface area (Å²) in [4.78, 5) is 12.6. The van der Waals surface area contributed by atoms with E-state index in [0.29, 0.717) is 10.7 Å². The monoisotopic (exact) mass is 318 g/mol. The number of nitrogens with zero attached hydrogens (tertiary/aromatic N) is 4. The molecule has 22 heavy (non-hydrogen) atoms. The molecule has 1 aliphatic carbocycles. The first kappa shape index (κ1) is 13.7. The Morgan fingerprint density at radius 1 is 1.32 bits per heavy atom. The van der Waals surface area contributed by atoms with E-state index in [2.05, 4.69) is 10.2 Å². The Kier molecular flexibility index (Phi) is 2.99. The molecule has 1 fully saturated rings. The maximum atomic E-state index is 12.6. The third kappa shape index (κ3) is 1.80. The predicted molar refractivity (Wildman–Crippen MR) is 84.4 cm³/mol. The third-order valence-corrected chi connectivity index (χ3v) is 4.73. The number of benzene rings is 1. The van der Waals surface area contributed by atoms with E-state index in [0.717, 1.165) is 29.3 Å². The van der Waals surface area contributed by atoms with Crippen LogP contribution in [0.5, 0.6) is 0 Å². The molecule has 0 atom stereocenters. The van der Waals surface area contributed by atoms with E-state index in [-0.39, 0.29) is 17.8 Å². The molecule has 0 aliphatic heterocycles. The zero-order chi connectivity index (χ0) is 15.4. The smallest absolute Gasteiger partial charge is 0.330 e. The normalized spacial score (nSPS) is 21.4. The van der Waals surface area contributed by atoms with Gasteiger partial charge in [0.1, 0.15) is 5.52 Å². The lowest BCUT2D eigenvalue weighted by atomic mass is 9.89. The van der Waals surface area contributed by atoms with Crippen molar-refractivity contribution in [1.82, 2.24) is 19.3 Å². The number of methoxy groups -OCH3 is 1. The second kappa shape index (κ2) is 4.79. The zero-order valence-electron chi connectivity index (χ0n) is 12.3. The van der Waals surface area contributed by atoms with Gasteiger partial charge in [0.05, 0.1) is 11.6 Å². The molecule has 114 valence electrons. The Hall–Kier alpha value is -1.92. The standard InChI is InChI=1S/C15H15ClN4O2/c1-19-14-13(11-5-8(16)3-4-12(11)17-18-14)20(15(19)21)9-6-10(7-9)22-2/h3-5,9-10H,6-7H2,1-2H3. The number of rotatable bonds is 2. The fourth-order valence-corrected chi connectivity index (χ4v) is 3.32. The number of fused-ring (bicyclic) bond motifs is 3. The highest BCUT2D eigenvalue weighted by Crippen LogP contribution is 2.36. The van der Waals surface area contributed by atoms with Crippen molar-refractivity contribution in [3.63, 3.8) is 0 Å². The van der Waals surface area contributed by atoms with Crippen LogP contribution in [0.25, 0.3) is 22.1 Å². The Morgan fingerprint density at radius 3 is 2.82 bits per heavy atom. The van der Waals surface area contributed by atoms with E-state index < -0.39 is 0 Å². The van der Waals surface area contributed by atoms with Crippen molar-refractivity contribution in [2.75, 3.05) is 7.11 Å². The highest BCUT2D eigenvalue weighted by molar-refractivity contribution is 6.31. The highest BCUT2D eigenvalue weighted by atomic mass is 35.5. The summed E-state index contributed by atoms with van der Waals surface area (Å²) < 4.78 is 8.69. The highest BCUT2D eigenvalue weighted by Gasteiger charge is 2.34. The SMILES string of the molecule is COC1CC(n2c(=O)n(C)c3nnc4ccc(Cl)cc4c32)C1. The lowest BCUT2D eigenvalue weighted by Gasteiger charge is -2.34. The van der Waals surface area contributed by atoms with Crippen molar-refractivity contribution in [2.24, 2.45) is 7.05 Å². The first-order valence-corrected chi connectivity index (χ1v) is 7.53. The molecule has 0 saturated heterocycles. The summed E-state index contributed by atoms with van der Waals surface area (Å²) in [5, 5.41) is 9.89. The van der Waals surface area contributed by atoms with Gasteiger partial charge in [0, 0.05) is 30.6 Å². The number of ether oxygens (including phenoxy) is 1. The maximum Gasteiger partial charge on any atom is 0.330 e. The van der Waals surface area contributed by atoms with Gasteiger partial charge in [-0.15, -0.1) is 10.2 Å². The summed E-state index contributed by atoms with van der Waals surface area (Å²) in [6, 6.07) is 5.58. The number of imidazole rings is 1. The number of aromatic nitrogens is 4. The Balaban J connectivity index is 2.04. The molecule has 1 aliphatic rings. The van der Waals surface area contributed by atoms with Crippen LogP contribution >= 0.6 is 11.6 Å². The summed E-state index contributed by atoms with van der Waals surface area (Å²) in [6.45, 7) is 0. The zero-order valence-corrected chi connectivity index (χ0v) is 13.0. The average Bonchev–Trinajstić information content (AvgIpc) is 2.72. The molecule has 0 amide bonds. The molecule has 0 N–H and O–H groups in total. The van der Waals surface area contributed by atoms with E-state index in [1.165, 1.54) is 0 Å².